The standard InChI is InChI=1S/C23H35N7O/c1-18-8-11-29(16-21(18)30-13-9-25-17-30)23(24-2)27-15-19-6-5-7-20(14-19)22(31)26-10-12-28(3)4/h5-7,9,13-14,17-18,21H,8,10-12,15-16H2,1-4H3,(H,24,27)(H,26,31). The largest absolute Gasteiger partial charge is 0.352 e. The quantitative estimate of drug-likeness (QED) is 0.523. The van der Waals surface area contributed by atoms with Crippen LogP contribution in [0.15, 0.2) is 48.0 Å². The van der Waals surface area contributed by atoms with Crippen molar-refractivity contribution in [3.8, 4) is 0 Å². The lowest BCUT2D eigenvalue weighted by molar-refractivity contribution is 0.0951. The summed E-state index contributed by atoms with van der Waals surface area (Å²) in [6.45, 7) is 6.23. The second-order valence-electron chi connectivity index (χ2n) is 8.45. The van der Waals surface area contributed by atoms with E-state index in [0.29, 0.717) is 30.6 Å². The van der Waals surface area contributed by atoms with Gasteiger partial charge in [0.2, 0.25) is 0 Å². The third kappa shape index (κ3) is 6.30. The predicted octanol–water partition coefficient (Wildman–Crippen LogP) is 1.83. The van der Waals surface area contributed by atoms with Gasteiger partial charge in [-0.15, -0.1) is 0 Å². The molecule has 0 spiro atoms. The van der Waals surface area contributed by atoms with E-state index in [1.165, 1.54) is 0 Å². The van der Waals surface area contributed by atoms with Crippen molar-refractivity contribution < 1.29 is 4.79 Å². The smallest absolute Gasteiger partial charge is 0.251 e. The van der Waals surface area contributed by atoms with Crippen LogP contribution in [0.2, 0.25) is 0 Å². The summed E-state index contributed by atoms with van der Waals surface area (Å²) in [5.41, 5.74) is 1.73. The van der Waals surface area contributed by atoms with Gasteiger partial charge in [-0.1, -0.05) is 19.1 Å². The molecule has 0 radical (unpaired) electrons. The molecule has 1 amide bonds. The molecule has 1 saturated heterocycles. The molecule has 3 rings (SSSR count). The normalized spacial score (nSPS) is 19.5. The third-order valence-electron chi connectivity index (χ3n) is 5.82. The van der Waals surface area contributed by atoms with E-state index in [-0.39, 0.29) is 5.91 Å². The van der Waals surface area contributed by atoms with Gasteiger partial charge < -0.3 is 25.0 Å². The number of hydrogen-bond donors (Lipinski definition) is 2. The lowest BCUT2D eigenvalue weighted by atomic mass is 9.93. The van der Waals surface area contributed by atoms with Crippen LogP contribution in [0.4, 0.5) is 0 Å². The van der Waals surface area contributed by atoms with E-state index >= 15 is 0 Å². The summed E-state index contributed by atoms with van der Waals surface area (Å²) in [7, 11) is 5.80. The average Bonchev–Trinajstić information content (AvgIpc) is 3.29. The number of nitrogens with one attached hydrogen (secondary N) is 2. The summed E-state index contributed by atoms with van der Waals surface area (Å²) >= 11 is 0. The van der Waals surface area contributed by atoms with E-state index in [1.54, 1.807) is 0 Å². The molecule has 31 heavy (non-hydrogen) atoms. The first-order valence-corrected chi connectivity index (χ1v) is 10.9. The second-order valence-corrected chi connectivity index (χ2v) is 8.45. The molecule has 1 aromatic carbocycles. The number of benzene rings is 1. The molecule has 2 heterocycles. The van der Waals surface area contributed by atoms with Gasteiger partial charge in [-0.3, -0.25) is 9.79 Å². The zero-order chi connectivity index (χ0) is 22.2. The highest BCUT2D eigenvalue weighted by Crippen LogP contribution is 2.27. The topological polar surface area (TPSA) is 77.8 Å². The van der Waals surface area contributed by atoms with Crippen molar-refractivity contribution in [3.63, 3.8) is 0 Å². The van der Waals surface area contributed by atoms with E-state index in [4.69, 9.17) is 0 Å². The van der Waals surface area contributed by atoms with Gasteiger partial charge in [0, 0.05) is 57.7 Å². The number of carbonyl (C=O) groups excluding carboxylic acids is 1. The molecule has 1 fully saturated rings. The fourth-order valence-electron chi connectivity index (χ4n) is 3.93. The zero-order valence-electron chi connectivity index (χ0n) is 19.1. The second kappa shape index (κ2) is 10.9. The minimum Gasteiger partial charge on any atom is -0.352 e. The van der Waals surface area contributed by atoms with E-state index in [1.807, 2.05) is 69.0 Å². The van der Waals surface area contributed by atoms with Gasteiger partial charge in [-0.2, -0.15) is 0 Å². The molecule has 2 aromatic rings. The SMILES string of the molecule is CN=C(NCc1cccc(C(=O)NCCN(C)C)c1)N1CCC(C)C(n2ccnc2)C1. The molecular weight excluding hydrogens is 390 g/mol. The van der Waals surface area contributed by atoms with Gasteiger partial charge in [-0.05, 0) is 44.1 Å². The Hall–Kier alpha value is -2.87. The van der Waals surface area contributed by atoms with Gasteiger partial charge in [0.15, 0.2) is 5.96 Å². The van der Waals surface area contributed by atoms with E-state index in [2.05, 4.69) is 37.0 Å². The third-order valence-corrected chi connectivity index (χ3v) is 5.82. The number of rotatable bonds is 7. The van der Waals surface area contributed by atoms with Crippen LogP contribution in [-0.4, -0.2) is 78.5 Å². The Morgan fingerprint density at radius 1 is 1.32 bits per heavy atom. The van der Waals surface area contributed by atoms with Crippen LogP contribution >= 0.6 is 0 Å². The molecule has 1 aromatic heterocycles. The molecule has 1 aliphatic heterocycles. The van der Waals surface area contributed by atoms with E-state index in [9.17, 15) is 4.79 Å². The molecule has 2 unspecified atom stereocenters. The maximum Gasteiger partial charge on any atom is 0.251 e. The van der Waals surface area contributed by atoms with Crippen LogP contribution in [0.5, 0.6) is 0 Å². The number of aromatic nitrogens is 2. The minimum absolute atomic E-state index is 0.0405. The zero-order valence-corrected chi connectivity index (χ0v) is 19.1. The van der Waals surface area contributed by atoms with Crippen molar-refractivity contribution in [1.29, 1.82) is 0 Å². The summed E-state index contributed by atoms with van der Waals surface area (Å²) < 4.78 is 2.20. The van der Waals surface area contributed by atoms with Crippen LogP contribution in [0.1, 0.15) is 35.3 Å². The summed E-state index contributed by atoms with van der Waals surface area (Å²) in [4.78, 5) is 25.5. The van der Waals surface area contributed by atoms with Gasteiger partial charge in [-0.25, -0.2) is 4.98 Å². The number of amides is 1. The summed E-state index contributed by atoms with van der Waals surface area (Å²) in [5, 5.41) is 6.44. The van der Waals surface area contributed by atoms with Crippen LogP contribution in [0.3, 0.4) is 0 Å². The van der Waals surface area contributed by atoms with Crippen molar-refractivity contribution in [3.05, 3.63) is 54.1 Å². The van der Waals surface area contributed by atoms with Crippen molar-refractivity contribution in [2.75, 3.05) is 47.3 Å². The van der Waals surface area contributed by atoms with Gasteiger partial charge in [0.25, 0.3) is 5.91 Å². The maximum atomic E-state index is 12.4. The number of piperidine rings is 1. The van der Waals surface area contributed by atoms with Gasteiger partial charge in [0.05, 0.1) is 12.4 Å². The molecule has 8 nitrogen and oxygen atoms in total. The first-order valence-electron chi connectivity index (χ1n) is 10.9. The molecule has 0 aliphatic carbocycles. The highest BCUT2D eigenvalue weighted by Gasteiger charge is 2.28. The molecule has 0 bridgehead atoms. The molecule has 0 saturated carbocycles. The fraction of sp³-hybridized carbons (Fsp3) is 0.522. The number of guanidine groups is 1. The maximum absolute atomic E-state index is 12.4. The Balaban J connectivity index is 1.57. The van der Waals surface area contributed by atoms with Crippen LogP contribution in [-0.2, 0) is 6.54 Å². The molecule has 8 heteroatoms. The number of aliphatic imine (C=N–C) groups is 1. The van der Waals surface area contributed by atoms with Gasteiger partial charge in [0.1, 0.15) is 0 Å². The number of carbonyl (C=O) groups is 1. The molecule has 2 N–H and O–H groups in total. The first kappa shape index (κ1) is 22.8. The summed E-state index contributed by atoms with van der Waals surface area (Å²) in [6.07, 6.45) is 6.88. The number of likely N-dealkylation sites (tertiary alicyclic amines) is 1. The molecule has 168 valence electrons. The van der Waals surface area contributed by atoms with Gasteiger partial charge >= 0.3 is 0 Å². The summed E-state index contributed by atoms with van der Waals surface area (Å²) in [5.74, 6) is 1.44. The highest BCUT2D eigenvalue weighted by atomic mass is 16.1. The Morgan fingerprint density at radius 2 is 2.16 bits per heavy atom. The van der Waals surface area contributed by atoms with Crippen LogP contribution in [0.25, 0.3) is 0 Å². The van der Waals surface area contributed by atoms with Crippen molar-refractivity contribution in [2.45, 2.75) is 25.9 Å². The predicted molar refractivity (Wildman–Crippen MR) is 124 cm³/mol. The lowest BCUT2D eigenvalue weighted by Gasteiger charge is -2.39. The average molecular weight is 426 g/mol. The number of nitrogens with zero attached hydrogens (tertiary/aromatic N) is 5. The van der Waals surface area contributed by atoms with E-state index in [0.717, 1.165) is 37.6 Å². The number of hydrogen-bond acceptors (Lipinski definition) is 4. The Labute approximate surface area is 185 Å². The van der Waals surface area contributed by atoms with Crippen LogP contribution < -0.4 is 10.6 Å². The fourth-order valence-corrected chi connectivity index (χ4v) is 3.93. The number of likely N-dealkylation sites (N-methyl/N-ethyl adjacent to an activating group) is 1. The Morgan fingerprint density at radius 3 is 2.87 bits per heavy atom. The van der Waals surface area contributed by atoms with E-state index < -0.39 is 0 Å². The summed E-state index contributed by atoms with van der Waals surface area (Å²) in [6, 6.07) is 8.13. The van der Waals surface area contributed by atoms with Crippen LogP contribution in [0, 0.1) is 5.92 Å². The lowest BCUT2D eigenvalue weighted by Crippen LogP contribution is -2.48. The van der Waals surface area contributed by atoms with Crippen molar-refractivity contribution in [2.24, 2.45) is 10.9 Å². The monoisotopic (exact) mass is 425 g/mol. The Kier molecular flexibility index (Phi) is 8.06. The molecular formula is C23H35N7O. The number of imidazole rings is 1. The van der Waals surface area contributed by atoms with Crippen molar-refractivity contribution >= 4 is 11.9 Å². The minimum atomic E-state index is -0.0405. The molecule has 1 aliphatic rings. The molecule has 2 atom stereocenters. The van der Waals surface area contributed by atoms with Crippen molar-refractivity contribution in [1.82, 2.24) is 30.0 Å². The first-order chi connectivity index (χ1) is 15.0. The highest BCUT2D eigenvalue weighted by molar-refractivity contribution is 5.94. The Bertz CT molecular complexity index is 863.